The first kappa shape index (κ1) is 17.6. The van der Waals surface area contributed by atoms with Crippen molar-refractivity contribution in [2.24, 2.45) is 0 Å². The molecule has 1 fully saturated rings. The number of nitrogens with zero attached hydrogens (tertiary/aromatic N) is 1. The number of halogens is 1. The van der Waals surface area contributed by atoms with E-state index in [-0.39, 0.29) is 11.4 Å². The van der Waals surface area contributed by atoms with Crippen LogP contribution < -0.4 is 0 Å². The van der Waals surface area contributed by atoms with Crippen LogP contribution in [0.2, 0.25) is 0 Å². The highest BCUT2D eigenvalue weighted by atomic mass is 19.1. The van der Waals surface area contributed by atoms with Crippen LogP contribution in [0.3, 0.4) is 0 Å². The molecule has 0 unspecified atom stereocenters. The molecule has 132 valence electrons. The lowest BCUT2D eigenvalue weighted by molar-refractivity contribution is -0.0224. The molecule has 0 radical (unpaired) electrons. The molecule has 0 amide bonds. The Morgan fingerprint density at radius 1 is 1.08 bits per heavy atom. The van der Waals surface area contributed by atoms with Gasteiger partial charge in [-0.05, 0) is 48.2 Å². The minimum Gasteiger partial charge on any atom is -0.478 e. The van der Waals surface area contributed by atoms with E-state index in [0.717, 1.165) is 24.2 Å². The molecule has 0 bridgehead atoms. The lowest BCUT2D eigenvalue weighted by Crippen LogP contribution is -2.45. The quantitative estimate of drug-likeness (QED) is 0.876. The van der Waals surface area contributed by atoms with Crippen LogP contribution in [-0.4, -0.2) is 39.8 Å². The van der Waals surface area contributed by atoms with Gasteiger partial charge in [0.05, 0.1) is 11.2 Å². The summed E-state index contributed by atoms with van der Waals surface area (Å²) in [5, 5.41) is 19.9. The van der Waals surface area contributed by atoms with Crippen molar-refractivity contribution in [3.05, 3.63) is 71.0 Å². The zero-order chi connectivity index (χ0) is 17.9. The minimum atomic E-state index is -0.926. The van der Waals surface area contributed by atoms with Gasteiger partial charge < -0.3 is 10.2 Å². The fourth-order valence-electron chi connectivity index (χ4n) is 3.39. The van der Waals surface area contributed by atoms with Crippen LogP contribution in [0.25, 0.3) is 0 Å². The Hall–Kier alpha value is -2.24. The summed E-state index contributed by atoms with van der Waals surface area (Å²) in [7, 11) is 0. The number of hydrogen-bond donors (Lipinski definition) is 2. The summed E-state index contributed by atoms with van der Waals surface area (Å²) in [5.41, 5.74) is 1.24. The fourth-order valence-corrected chi connectivity index (χ4v) is 3.39. The normalized spacial score (nSPS) is 17.4. The molecule has 3 rings (SSSR count). The summed E-state index contributed by atoms with van der Waals surface area (Å²) in [6, 6.07) is 13.3. The van der Waals surface area contributed by atoms with Crippen molar-refractivity contribution < 1.29 is 19.4 Å². The van der Waals surface area contributed by atoms with Gasteiger partial charge in [0.25, 0.3) is 0 Å². The molecule has 1 saturated heterocycles. The first-order valence-corrected chi connectivity index (χ1v) is 8.45. The van der Waals surface area contributed by atoms with Crippen LogP contribution in [0.1, 0.15) is 34.3 Å². The van der Waals surface area contributed by atoms with E-state index in [4.69, 9.17) is 5.11 Å². The van der Waals surface area contributed by atoms with E-state index in [0.29, 0.717) is 25.8 Å². The number of rotatable bonds is 5. The van der Waals surface area contributed by atoms with Gasteiger partial charge in [-0.1, -0.05) is 24.3 Å². The molecular formula is C20H22FNO3. The van der Waals surface area contributed by atoms with Crippen LogP contribution in [0.5, 0.6) is 0 Å². The van der Waals surface area contributed by atoms with Gasteiger partial charge >= 0.3 is 5.97 Å². The Morgan fingerprint density at radius 3 is 2.44 bits per heavy atom. The van der Waals surface area contributed by atoms with Crippen LogP contribution >= 0.6 is 0 Å². The van der Waals surface area contributed by atoms with Gasteiger partial charge in [0.15, 0.2) is 0 Å². The second-order valence-corrected chi connectivity index (χ2v) is 6.81. The van der Waals surface area contributed by atoms with Gasteiger partial charge in [-0.15, -0.1) is 0 Å². The van der Waals surface area contributed by atoms with Crippen molar-refractivity contribution in [2.45, 2.75) is 31.4 Å². The number of hydrogen-bond acceptors (Lipinski definition) is 3. The predicted molar refractivity (Wildman–Crippen MR) is 93.0 cm³/mol. The third kappa shape index (κ3) is 4.65. The molecule has 0 atom stereocenters. The van der Waals surface area contributed by atoms with Gasteiger partial charge in [0.1, 0.15) is 5.82 Å². The van der Waals surface area contributed by atoms with Crippen molar-refractivity contribution >= 4 is 5.97 Å². The Bertz CT molecular complexity index is 754. The van der Waals surface area contributed by atoms with Gasteiger partial charge in [0, 0.05) is 26.1 Å². The number of piperidine rings is 1. The van der Waals surface area contributed by atoms with E-state index in [1.54, 1.807) is 24.3 Å². The standard InChI is InChI=1S/C20H22FNO3/c21-18-6-2-3-15(12-18)13-20(25)7-9-22(10-8-20)14-16-4-1-5-17(11-16)19(23)24/h1-6,11-12,25H,7-10,13-14H2,(H,23,24). The molecule has 2 N–H and O–H groups in total. The number of carboxylic acid groups (broad SMARTS) is 1. The van der Waals surface area contributed by atoms with Crippen LogP contribution in [-0.2, 0) is 13.0 Å². The lowest BCUT2D eigenvalue weighted by Gasteiger charge is -2.38. The van der Waals surface area contributed by atoms with Gasteiger partial charge in [0.2, 0.25) is 0 Å². The molecule has 1 heterocycles. The van der Waals surface area contributed by atoms with E-state index in [1.807, 2.05) is 12.1 Å². The highest BCUT2D eigenvalue weighted by molar-refractivity contribution is 5.87. The number of likely N-dealkylation sites (tertiary alicyclic amines) is 1. The summed E-state index contributed by atoms with van der Waals surface area (Å²) in [5.74, 6) is -1.21. The maximum Gasteiger partial charge on any atom is 0.335 e. The van der Waals surface area contributed by atoms with Crippen molar-refractivity contribution in [2.75, 3.05) is 13.1 Å². The van der Waals surface area contributed by atoms with E-state index in [9.17, 15) is 14.3 Å². The summed E-state index contributed by atoms with van der Waals surface area (Å²) in [6.45, 7) is 2.11. The second kappa shape index (κ2) is 7.33. The van der Waals surface area contributed by atoms with E-state index in [1.165, 1.54) is 12.1 Å². The number of aromatic carboxylic acids is 1. The first-order valence-electron chi connectivity index (χ1n) is 8.45. The number of carboxylic acids is 1. The number of benzene rings is 2. The predicted octanol–water partition coefficient (Wildman–Crippen LogP) is 3.09. The molecule has 1 aliphatic heterocycles. The Morgan fingerprint density at radius 2 is 1.76 bits per heavy atom. The molecule has 0 saturated carbocycles. The molecule has 25 heavy (non-hydrogen) atoms. The average Bonchev–Trinajstić information content (AvgIpc) is 2.57. The van der Waals surface area contributed by atoms with Crippen LogP contribution in [0.4, 0.5) is 4.39 Å². The molecule has 2 aromatic carbocycles. The summed E-state index contributed by atoms with van der Waals surface area (Å²) < 4.78 is 13.3. The second-order valence-electron chi connectivity index (χ2n) is 6.81. The third-order valence-corrected chi connectivity index (χ3v) is 4.79. The highest BCUT2D eigenvalue weighted by Gasteiger charge is 2.32. The van der Waals surface area contributed by atoms with Gasteiger partial charge in [-0.3, -0.25) is 4.90 Å². The maximum absolute atomic E-state index is 13.3. The number of carbonyl (C=O) groups is 1. The summed E-state index contributed by atoms with van der Waals surface area (Å²) in [6.07, 6.45) is 1.68. The fraction of sp³-hybridized carbons (Fsp3) is 0.350. The van der Waals surface area contributed by atoms with Crippen LogP contribution in [0.15, 0.2) is 48.5 Å². The van der Waals surface area contributed by atoms with E-state index < -0.39 is 11.6 Å². The average molecular weight is 343 g/mol. The maximum atomic E-state index is 13.3. The Labute approximate surface area is 146 Å². The van der Waals surface area contributed by atoms with Crippen LogP contribution in [0, 0.1) is 5.82 Å². The molecule has 1 aliphatic rings. The number of aliphatic hydroxyl groups is 1. The van der Waals surface area contributed by atoms with Gasteiger partial charge in [-0.25, -0.2) is 9.18 Å². The molecular weight excluding hydrogens is 321 g/mol. The smallest absolute Gasteiger partial charge is 0.335 e. The topological polar surface area (TPSA) is 60.8 Å². The molecule has 0 aromatic heterocycles. The summed E-state index contributed by atoms with van der Waals surface area (Å²) >= 11 is 0. The SMILES string of the molecule is O=C(O)c1cccc(CN2CCC(O)(Cc3cccc(F)c3)CC2)c1. The van der Waals surface area contributed by atoms with E-state index in [2.05, 4.69) is 4.90 Å². The van der Waals surface area contributed by atoms with Crippen molar-refractivity contribution in [3.63, 3.8) is 0 Å². The minimum absolute atomic E-state index is 0.281. The zero-order valence-electron chi connectivity index (χ0n) is 14.0. The van der Waals surface area contributed by atoms with Crippen molar-refractivity contribution in [3.8, 4) is 0 Å². The van der Waals surface area contributed by atoms with Gasteiger partial charge in [-0.2, -0.15) is 0 Å². The first-order chi connectivity index (χ1) is 11.9. The monoisotopic (exact) mass is 343 g/mol. The molecule has 4 nitrogen and oxygen atoms in total. The van der Waals surface area contributed by atoms with Crippen molar-refractivity contribution in [1.82, 2.24) is 4.90 Å². The Balaban J connectivity index is 1.58. The highest BCUT2D eigenvalue weighted by Crippen LogP contribution is 2.27. The molecule has 0 aliphatic carbocycles. The molecule has 2 aromatic rings. The largest absolute Gasteiger partial charge is 0.478 e. The lowest BCUT2D eigenvalue weighted by atomic mass is 9.85. The van der Waals surface area contributed by atoms with E-state index >= 15 is 0 Å². The molecule has 5 heteroatoms. The Kier molecular flexibility index (Phi) is 5.16. The summed E-state index contributed by atoms with van der Waals surface area (Å²) in [4.78, 5) is 13.3. The molecule has 0 spiro atoms. The zero-order valence-corrected chi connectivity index (χ0v) is 14.0. The third-order valence-electron chi connectivity index (χ3n) is 4.79. The van der Waals surface area contributed by atoms with Crippen molar-refractivity contribution in [1.29, 1.82) is 0 Å².